The topological polar surface area (TPSA) is 56.5 Å². The second-order valence-corrected chi connectivity index (χ2v) is 2.64. The van der Waals surface area contributed by atoms with Gasteiger partial charge < -0.3 is 9.15 Å². The number of rotatable bonds is 3. The monoisotopic (exact) mass is 182 g/mol. The molecule has 1 aromatic heterocycles. The molecule has 0 saturated heterocycles. The Morgan fingerprint density at radius 3 is 2.69 bits per heavy atom. The normalized spacial score (nSPS) is 12.2. The minimum atomic E-state index is -0.724. The predicted octanol–water partition coefficient (Wildman–Crippen LogP) is 1.41. The Kier molecular flexibility index (Phi) is 2.84. The van der Waals surface area contributed by atoms with Crippen molar-refractivity contribution >= 4 is 11.8 Å². The molecular formula is C9H10O4. The van der Waals surface area contributed by atoms with Gasteiger partial charge in [-0.25, -0.2) is 4.79 Å². The zero-order valence-electron chi connectivity index (χ0n) is 7.44. The van der Waals surface area contributed by atoms with Gasteiger partial charge in [0.1, 0.15) is 0 Å². The zero-order valence-corrected chi connectivity index (χ0v) is 7.44. The summed E-state index contributed by atoms with van der Waals surface area (Å²) in [7, 11) is 0. The third-order valence-corrected chi connectivity index (χ3v) is 1.58. The minimum absolute atomic E-state index is 0.105. The van der Waals surface area contributed by atoms with Gasteiger partial charge in [0.15, 0.2) is 11.9 Å². The number of Topliss-reactive ketones (excluding diaryl/α,β-unsaturated/α-hetero) is 1. The van der Waals surface area contributed by atoms with Gasteiger partial charge >= 0.3 is 5.97 Å². The Morgan fingerprint density at radius 1 is 1.54 bits per heavy atom. The van der Waals surface area contributed by atoms with Gasteiger partial charge in [0.25, 0.3) is 0 Å². The number of carbonyl (C=O) groups is 2. The van der Waals surface area contributed by atoms with Crippen molar-refractivity contribution in [2.45, 2.75) is 20.0 Å². The molecule has 0 aliphatic rings. The molecule has 4 nitrogen and oxygen atoms in total. The summed E-state index contributed by atoms with van der Waals surface area (Å²) in [6.45, 7) is 2.88. The summed E-state index contributed by atoms with van der Waals surface area (Å²) >= 11 is 0. The van der Waals surface area contributed by atoms with E-state index in [4.69, 9.17) is 9.15 Å². The lowest BCUT2D eigenvalue weighted by molar-refractivity contribution is -0.124. The van der Waals surface area contributed by atoms with Crippen LogP contribution < -0.4 is 0 Å². The van der Waals surface area contributed by atoms with Crippen molar-refractivity contribution in [1.82, 2.24) is 0 Å². The lowest BCUT2D eigenvalue weighted by atomic mass is 10.3. The van der Waals surface area contributed by atoms with Crippen molar-refractivity contribution in [3.63, 3.8) is 0 Å². The van der Waals surface area contributed by atoms with Crippen LogP contribution in [0.3, 0.4) is 0 Å². The third-order valence-electron chi connectivity index (χ3n) is 1.58. The number of ketones is 1. The van der Waals surface area contributed by atoms with Crippen LogP contribution in [0.1, 0.15) is 24.4 Å². The van der Waals surface area contributed by atoms with E-state index in [-0.39, 0.29) is 11.5 Å². The molecule has 0 fully saturated rings. The average Bonchev–Trinajstić information content (AvgIpc) is 2.55. The Hall–Kier alpha value is -1.58. The summed E-state index contributed by atoms with van der Waals surface area (Å²) in [5.74, 6) is -0.708. The molecule has 0 aliphatic heterocycles. The van der Waals surface area contributed by atoms with Crippen LogP contribution in [0.15, 0.2) is 22.8 Å². The average molecular weight is 182 g/mol. The number of carbonyl (C=O) groups excluding carboxylic acids is 2. The molecule has 1 heterocycles. The number of hydrogen-bond acceptors (Lipinski definition) is 4. The second kappa shape index (κ2) is 3.89. The summed E-state index contributed by atoms with van der Waals surface area (Å²) < 4.78 is 9.56. The molecule has 13 heavy (non-hydrogen) atoms. The van der Waals surface area contributed by atoms with Gasteiger partial charge in [0, 0.05) is 0 Å². The fourth-order valence-electron chi connectivity index (χ4n) is 0.696. The Balaban J connectivity index is 2.56. The number of esters is 1. The van der Waals surface area contributed by atoms with Crippen LogP contribution in [0.4, 0.5) is 0 Å². The van der Waals surface area contributed by atoms with E-state index in [2.05, 4.69) is 0 Å². The molecule has 0 spiro atoms. The van der Waals surface area contributed by atoms with Gasteiger partial charge in [-0.15, -0.1) is 0 Å². The molecule has 1 rings (SSSR count). The van der Waals surface area contributed by atoms with Crippen molar-refractivity contribution in [3.8, 4) is 0 Å². The van der Waals surface area contributed by atoms with Crippen LogP contribution in [0.5, 0.6) is 0 Å². The first-order valence-electron chi connectivity index (χ1n) is 3.86. The van der Waals surface area contributed by atoms with Gasteiger partial charge in [0.2, 0.25) is 5.76 Å². The second-order valence-electron chi connectivity index (χ2n) is 2.64. The molecular weight excluding hydrogens is 172 g/mol. The fraction of sp³-hybridized carbons (Fsp3) is 0.333. The summed E-state index contributed by atoms with van der Waals surface area (Å²) in [4.78, 5) is 21.9. The number of ether oxygens (including phenoxy) is 1. The molecule has 70 valence electrons. The highest BCUT2D eigenvalue weighted by Crippen LogP contribution is 2.04. The van der Waals surface area contributed by atoms with Crippen LogP contribution in [0.2, 0.25) is 0 Å². The van der Waals surface area contributed by atoms with Crippen LogP contribution in [0, 0.1) is 0 Å². The zero-order chi connectivity index (χ0) is 9.84. The highest BCUT2D eigenvalue weighted by atomic mass is 16.6. The quantitative estimate of drug-likeness (QED) is 0.663. The predicted molar refractivity (Wildman–Crippen MR) is 44.3 cm³/mol. The van der Waals surface area contributed by atoms with Crippen molar-refractivity contribution in [2.75, 3.05) is 0 Å². The van der Waals surface area contributed by atoms with Crippen molar-refractivity contribution in [1.29, 1.82) is 0 Å². The van der Waals surface area contributed by atoms with E-state index in [9.17, 15) is 9.59 Å². The SMILES string of the molecule is CC(=O)C(C)OC(=O)c1ccco1. The first kappa shape index (κ1) is 9.51. The Morgan fingerprint density at radius 2 is 2.23 bits per heavy atom. The van der Waals surface area contributed by atoms with Gasteiger partial charge in [0.05, 0.1) is 6.26 Å². The first-order valence-corrected chi connectivity index (χ1v) is 3.86. The fourth-order valence-corrected chi connectivity index (χ4v) is 0.696. The molecule has 0 saturated carbocycles. The van der Waals surface area contributed by atoms with E-state index in [1.807, 2.05) is 0 Å². The standard InChI is InChI=1S/C9H10O4/c1-6(10)7(2)13-9(11)8-4-3-5-12-8/h3-5,7H,1-2H3. The Bertz CT molecular complexity index is 299. The lowest BCUT2D eigenvalue weighted by Gasteiger charge is -2.07. The number of hydrogen-bond donors (Lipinski definition) is 0. The van der Waals surface area contributed by atoms with Crippen molar-refractivity contribution in [2.24, 2.45) is 0 Å². The first-order chi connectivity index (χ1) is 6.11. The highest BCUT2D eigenvalue weighted by molar-refractivity contribution is 5.89. The Labute approximate surface area is 75.5 Å². The highest BCUT2D eigenvalue weighted by Gasteiger charge is 2.16. The molecule has 0 bridgehead atoms. The minimum Gasteiger partial charge on any atom is -0.457 e. The molecule has 1 unspecified atom stereocenters. The van der Waals surface area contributed by atoms with Gasteiger partial charge in [-0.05, 0) is 26.0 Å². The molecule has 0 aromatic carbocycles. The van der Waals surface area contributed by atoms with E-state index >= 15 is 0 Å². The smallest absolute Gasteiger partial charge is 0.374 e. The van der Waals surface area contributed by atoms with Crippen molar-refractivity contribution in [3.05, 3.63) is 24.2 Å². The van der Waals surface area contributed by atoms with Crippen LogP contribution >= 0.6 is 0 Å². The maximum absolute atomic E-state index is 11.2. The summed E-state index contributed by atoms with van der Waals surface area (Å²) in [6, 6.07) is 3.06. The van der Waals surface area contributed by atoms with Gasteiger partial charge in [-0.3, -0.25) is 4.79 Å². The molecule has 0 radical (unpaired) electrons. The molecule has 1 atom stereocenters. The van der Waals surface area contributed by atoms with E-state index in [0.717, 1.165) is 0 Å². The third kappa shape index (κ3) is 2.43. The maximum Gasteiger partial charge on any atom is 0.374 e. The van der Waals surface area contributed by atoms with E-state index in [1.54, 1.807) is 6.07 Å². The van der Waals surface area contributed by atoms with E-state index in [0.29, 0.717) is 0 Å². The molecule has 0 amide bonds. The molecule has 1 aromatic rings. The van der Waals surface area contributed by atoms with Crippen LogP contribution in [-0.4, -0.2) is 17.9 Å². The largest absolute Gasteiger partial charge is 0.457 e. The number of furan rings is 1. The van der Waals surface area contributed by atoms with Crippen LogP contribution in [-0.2, 0) is 9.53 Å². The molecule has 0 N–H and O–H groups in total. The van der Waals surface area contributed by atoms with E-state index < -0.39 is 12.1 Å². The van der Waals surface area contributed by atoms with Crippen molar-refractivity contribution < 1.29 is 18.7 Å². The van der Waals surface area contributed by atoms with Gasteiger partial charge in [-0.2, -0.15) is 0 Å². The molecule has 4 heteroatoms. The summed E-state index contributed by atoms with van der Waals surface area (Å²) in [5.41, 5.74) is 0. The van der Waals surface area contributed by atoms with E-state index in [1.165, 1.54) is 26.2 Å². The lowest BCUT2D eigenvalue weighted by Crippen LogP contribution is -2.21. The maximum atomic E-state index is 11.2. The summed E-state index contributed by atoms with van der Waals surface area (Å²) in [6.07, 6.45) is 0.646. The van der Waals surface area contributed by atoms with Gasteiger partial charge in [-0.1, -0.05) is 0 Å². The van der Waals surface area contributed by atoms with Crippen LogP contribution in [0.25, 0.3) is 0 Å². The molecule has 0 aliphatic carbocycles. The summed E-state index contributed by atoms with van der Waals surface area (Å²) in [5, 5.41) is 0.